The van der Waals surface area contributed by atoms with Crippen molar-refractivity contribution >= 4 is 27.8 Å². The molecular formula is C25H25F2N3O3. The zero-order chi connectivity index (χ0) is 22.9. The van der Waals surface area contributed by atoms with E-state index in [4.69, 9.17) is 9.84 Å². The third-order valence-electron chi connectivity index (χ3n) is 6.51. The maximum atomic E-state index is 14.3. The Hall–Kier alpha value is -3.26. The number of hydrogen-bond acceptors (Lipinski definition) is 3. The zero-order valence-electron chi connectivity index (χ0n) is 18.1. The van der Waals surface area contributed by atoms with Crippen LogP contribution in [-0.2, 0) is 16.0 Å². The number of carboxylic acids is 1. The molecule has 0 spiro atoms. The first kappa shape index (κ1) is 21.6. The summed E-state index contributed by atoms with van der Waals surface area (Å²) >= 11 is 0. The molecule has 2 N–H and O–H groups in total. The first-order valence-corrected chi connectivity index (χ1v) is 11.3. The number of aliphatic carboxylic acids is 1. The summed E-state index contributed by atoms with van der Waals surface area (Å²) in [6.45, 7) is 1.29. The standard InChI is InChI=1S/C25H25F2N3O3/c26-20-6-5-17(12-21(20)27)30-23-11-16-14-28-29-22(16)13-19(23)18(3-1-2-4-24(31)32)25(30)15-7-9-33-10-8-15/h5-6,11-15H,1-4,7-10H2,(H,28,29)(H,31,32). The van der Waals surface area contributed by atoms with E-state index in [-0.39, 0.29) is 12.3 Å². The first-order chi connectivity index (χ1) is 16.0. The molecule has 6 nitrogen and oxygen atoms in total. The highest BCUT2D eigenvalue weighted by Gasteiger charge is 2.27. The smallest absolute Gasteiger partial charge is 0.303 e. The number of carbonyl (C=O) groups is 1. The number of fused-ring (bicyclic) bond motifs is 2. The third-order valence-corrected chi connectivity index (χ3v) is 6.51. The van der Waals surface area contributed by atoms with Crippen LogP contribution in [0.2, 0.25) is 0 Å². The minimum atomic E-state index is -0.889. The predicted molar refractivity (Wildman–Crippen MR) is 121 cm³/mol. The van der Waals surface area contributed by atoms with Gasteiger partial charge in [0.2, 0.25) is 0 Å². The van der Waals surface area contributed by atoms with Crippen molar-refractivity contribution in [1.82, 2.24) is 14.8 Å². The quantitative estimate of drug-likeness (QED) is 0.363. The van der Waals surface area contributed by atoms with Gasteiger partial charge in [-0.05, 0) is 61.9 Å². The van der Waals surface area contributed by atoms with Crippen molar-refractivity contribution in [3.8, 4) is 5.69 Å². The number of ether oxygens (including phenoxy) is 1. The molecule has 0 atom stereocenters. The molecule has 2 aromatic carbocycles. The van der Waals surface area contributed by atoms with Crippen LogP contribution in [0.3, 0.4) is 0 Å². The van der Waals surface area contributed by atoms with Crippen LogP contribution in [0.25, 0.3) is 27.5 Å². The maximum Gasteiger partial charge on any atom is 0.303 e. The van der Waals surface area contributed by atoms with Gasteiger partial charge in [-0.25, -0.2) is 8.78 Å². The maximum absolute atomic E-state index is 14.3. The van der Waals surface area contributed by atoms with Gasteiger partial charge in [-0.3, -0.25) is 9.89 Å². The first-order valence-electron chi connectivity index (χ1n) is 11.3. The highest BCUT2D eigenvalue weighted by molar-refractivity contribution is 5.98. The van der Waals surface area contributed by atoms with Crippen molar-refractivity contribution < 1.29 is 23.4 Å². The number of hydrogen-bond donors (Lipinski definition) is 2. The van der Waals surface area contributed by atoms with E-state index in [1.165, 1.54) is 6.07 Å². The van der Waals surface area contributed by atoms with Gasteiger partial charge in [-0.15, -0.1) is 0 Å². The van der Waals surface area contributed by atoms with Gasteiger partial charge >= 0.3 is 5.97 Å². The molecule has 4 aromatic rings. The molecule has 172 valence electrons. The van der Waals surface area contributed by atoms with Crippen molar-refractivity contribution in [3.05, 3.63) is 59.4 Å². The van der Waals surface area contributed by atoms with Crippen LogP contribution in [0.15, 0.2) is 36.5 Å². The Kier molecular flexibility index (Phi) is 5.85. The lowest BCUT2D eigenvalue weighted by Gasteiger charge is -2.26. The number of nitrogens with zero attached hydrogens (tertiary/aromatic N) is 2. The van der Waals surface area contributed by atoms with Crippen molar-refractivity contribution in [3.63, 3.8) is 0 Å². The summed E-state index contributed by atoms with van der Waals surface area (Å²) in [5.41, 5.74) is 4.58. The second kappa shape index (κ2) is 8.94. The fourth-order valence-electron chi connectivity index (χ4n) is 4.95. The molecule has 3 heterocycles. The molecule has 1 fully saturated rings. The third kappa shape index (κ3) is 4.11. The molecule has 0 unspecified atom stereocenters. The van der Waals surface area contributed by atoms with Gasteiger partial charge in [-0.2, -0.15) is 5.10 Å². The molecule has 2 aromatic heterocycles. The van der Waals surface area contributed by atoms with Gasteiger partial charge in [0, 0.05) is 53.8 Å². The van der Waals surface area contributed by atoms with Gasteiger partial charge in [-0.1, -0.05) is 0 Å². The Morgan fingerprint density at radius 3 is 2.73 bits per heavy atom. The molecule has 1 saturated heterocycles. The van der Waals surface area contributed by atoms with E-state index in [0.29, 0.717) is 31.7 Å². The summed E-state index contributed by atoms with van der Waals surface area (Å²) in [6.07, 6.45) is 5.54. The predicted octanol–water partition coefficient (Wildman–Crippen LogP) is 5.48. The zero-order valence-corrected chi connectivity index (χ0v) is 18.1. The number of nitrogens with one attached hydrogen (secondary N) is 1. The summed E-state index contributed by atoms with van der Waals surface area (Å²) in [6, 6.07) is 8.09. The Labute approximate surface area is 189 Å². The minimum absolute atomic E-state index is 0.124. The van der Waals surface area contributed by atoms with Gasteiger partial charge in [0.25, 0.3) is 0 Å². The van der Waals surface area contributed by atoms with E-state index in [1.54, 1.807) is 12.3 Å². The Bertz CT molecular complexity index is 1320. The fraction of sp³-hybridized carbons (Fsp3) is 0.360. The highest BCUT2D eigenvalue weighted by Crippen LogP contribution is 2.40. The molecular weight excluding hydrogens is 428 g/mol. The van der Waals surface area contributed by atoms with Crippen LogP contribution in [0, 0.1) is 11.6 Å². The van der Waals surface area contributed by atoms with E-state index >= 15 is 0 Å². The molecule has 0 bridgehead atoms. The molecule has 1 aliphatic heterocycles. The van der Waals surface area contributed by atoms with Crippen LogP contribution < -0.4 is 0 Å². The van der Waals surface area contributed by atoms with E-state index in [1.807, 2.05) is 10.6 Å². The van der Waals surface area contributed by atoms with Gasteiger partial charge in [0.1, 0.15) is 0 Å². The summed E-state index contributed by atoms with van der Waals surface area (Å²) in [5, 5.41) is 18.2. The van der Waals surface area contributed by atoms with E-state index < -0.39 is 17.6 Å². The second-order valence-electron chi connectivity index (χ2n) is 8.61. The molecule has 0 radical (unpaired) electrons. The molecule has 0 amide bonds. The van der Waals surface area contributed by atoms with Crippen LogP contribution in [-0.4, -0.2) is 39.1 Å². The Balaban J connectivity index is 1.73. The molecule has 0 aliphatic carbocycles. The van der Waals surface area contributed by atoms with E-state index in [0.717, 1.165) is 58.4 Å². The lowest BCUT2D eigenvalue weighted by atomic mass is 9.90. The van der Waals surface area contributed by atoms with Crippen molar-refractivity contribution in [2.75, 3.05) is 13.2 Å². The summed E-state index contributed by atoms with van der Waals surface area (Å²) in [7, 11) is 0. The van der Waals surface area contributed by atoms with Gasteiger partial charge < -0.3 is 14.4 Å². The number of benzene rings is 2. The number of aryl methyl sites for hydroxylation is 1. The van der Waals surface area contributed by atoms with Gasteiger partial charge in [0.05, 0.1) is 17.2 Å². The SMILES string of the molecule is O=C(O)CCCCc1c(C2CCOCC2)n(-c2ccc(F)c(F)c2)c2cc3cn[nH]c3cc12. The number of halogens is 2. The number of unbranched alkanes of at least 4 members (excludes halogenated alkanes) is 1. The van der Waals surface area contributed by atoms with Crippen LogP contribution in [0.1, 0.15) is 49.3 Å². The average molecular weight is 453 g/mol. The molecule has 1 aliphatic rings. The molecule has 0 saturated carbocycles. The molecule has 33 heavy (non-hydrogen) atoms. The van der Waals surface area contributed by atoms with Gasteiger partial charge in [0.15, 0.2) is 11.6 Å². The Morgan fingerprint density at radius 1 is 1.15 bits per heavy atom. The van der Waals surface area contributed by atoms with Crippen molar-refractivity contribution in [2.45, 2.75) is 44.4 Å². The van der Waals surface area contributed by atoms with Crippen LogP contribution in [0.5, 0.6) is 0 Å². The number of aromatic nitrogens is 3. The topological polar surface area (TPSA) is 80.1 Å². The van der Waals surface area contributed by atoms with E-state index in [9.17, 15) is 13.6 Å². The summed E-state index contributed by atoms with van der Waals surface area (Å²) in [5.74, 6) is -2.37. The lowest BCUT2D eigenvalue weighted by molar-refractivity contribution is -0.137. The van der Waals surface area contributed by atoms with Crippen LogP contribution >= 0.6 is 0 Å². The van der Waals surface area contributed by atoms with Crippen molar-refractivity contribution in [1.29, 1.82) is 0 Å². The highest BCUT2D eigenvalue weighted by atomic mass is 19.2. The van der Waals surface area contributed by atoms with Crippen molar-refractivity contribution in [2.24, 2.45) is 0 Å². The minimum Gasteiger partial charge on any atom is -0.481 e. The van der Waals surface area contributed by atoms with Crippen LogP contribution in [0.4, 0.5) is 8.78 Å². The summed E-state index contributed by atoms with van der Waals surface area (Å²) in [4.78, 5) is 11.0. The Morgan fingerprint density at radius 2 is 1.97 bits per heavy atom. The average Bonchev–Trinajstić information content (AvgIpc) is 3.39. The number of rotatable bonds is 7. The normalized spacial score (nSPS) is 15.0. The second-order valence-corrected chi connectivity index (χ2v) is 8.61. The monoisotopic (exact) mass is 453 g/mol. The fourth-order valence-corrected chi connectivity index (χ4v) is 4.95. The number of H-pyrrole nitrogens is 1. The molecule has 5 rings (SSSR count). The number of carboxylic acid groups (broad SMARTS) is 1. The molecule has 8 heteroatoms. The number of aromatic amines is 1. The summed E-state index contributed by atoms with van der Waals surface area (Å²) < 4.78 is 35.7. The lowest BCUT2D eigenvalue weighted by Crippen LogP contribution is -2.18. The largest absolute Gasteiger partial charge is 0.481 e. The van der Waals surface area contributed by atoms with E-state index in [2.05, 4.69) is 16.3 Å².